The van der Waals surface area contributed by atoms with Crippen LogP contribution in [-0.4, -0.2) is 10.8 Å². The number of ketones is 1. The molecule has 0 amide bonds. The molecule has 1 heterocycles. The summed E-state index contributed by atoms with van der Waals surface area (Å²) in [5, 5.41) is 0. The Kier molecular flexibility index (Phi) is 2.60. The van der Waals surface area contributed by atoms with E-state index in [1.54, 1.807) is 12.1 Å². The Bertz CT molecular complexity index is 336. The van der Waals surface area contributed by atoms with Gasteiger partial charge in [0.1, 0.15) is 5.69 Å². The van der Waals surface area contributed by atoms with Crippen LogP contribution in [0.2, 0.25) is 0 Å². The molecule has 0 unspecified atom stereocenters. The Hall–Kier alpha value is -1.62. The van der Waals surface area contributed by atoms with Gasteiger partial charge in [0.05, 0.1) is 6.42 Å². The molecule has 1 aromatic rings. The summed E-state index contributed by atoms with van der Waals surface area (Å²) in [5.74, 6) is 2.20. The van der Waals surface area contributed by atoms with Gasteiger partial charge in [-0.15, -0.1) is 6.42 Å². The highest BCUT2D eigenvalue weighted by molar-refractivity contribution is 5.95. The maximum Gasteiger partial charge on any atom is 0.193 e. The highest BCUT2D eigenvalue weighted by Crippen LogP contribution is 2.00. The largest absolute Gasteiger partial charge is 0.291 e. The van der Waals surface area contributed by atoms with Crippen LogP contribution in [0.3, 0.4) is 0 Å². The van der Waals surface area contributed by atoms with Gasteiger partial charge in [-0.25, -0.2) is 4.98 Å². The van der Waals surface area contributed by atoms with Gasteiger partial charge < -0.3 is 0 Å². The van der Waals surface area contributed by atoms with Crippen molar-refractivity contribution < 1.29 is 4.79 Å². The molecule has 0 aromatic carbocycles. The highest BCUT2D eigenvalue weighted by atomic mass is 16.1. The first-order valence-electron chi connectivity index (χ1n) is 3.64. The molecule has 0 radical (unpaired) electrons. The van der Waals surface area contributed by atoms with E-state index in [0.717, 1.165) is 5.69 Å². The van der Waals surface area contributed by atoms with E-state index in [2.05, 4.69) is 10.9 Å². The number of aryl methyl sites for hydroxylation is 1. The van der Waals surface area contributed by atoms with E-state index >= 15 is 0 Å². The molecule has 0 aliphatic carbocycles. The SMILES string of the molecule is C#CCC(=O)c1cccc(C)n1. The lowest BCUT2D eigenvalue weighted by Crippen LogP contribution is -2.01. The quantitative estimate of drug-likeness (QED) is 0.484. The maximum atomic E-state index is 11.2. The summed E-state index contributed by atoms with van der Waals surface area (Å²) >= 11 is 0. The molecule has 0 N–H and O–H groups in total. The second-order valence-electron chi connectivity index (χ2n) is 2.47. The monoisotopic (exact) mass is 159 g/mol. The van der Waals surface area contributed by atoms with Crippen LogP contribution in [-0.2, 0) is 0 Å². The third kappa shape index (κ3) is 1.93. The van der Waals surface area contributed by atoms with E-state index < -0.39 is 0 Å². The van der Waals surface area contributed by atoms with Crippen molar-refractivity contribution in [3.05, 3.63) is 29.6 Å². The third-order valence-corrected chi connectivity index (χ3v) is 1.44. The number of Topliss-reactive ketones (excluding diaryl/α,β-unsaturated/α-hetero) is 1. The number of hydrogen-bond acceptors (Lipinski definition) is 2. The average molecular weight is 159 g/mol. The van der Waals surface area contributed by atoms with E-state index in [-0.39, 0.29) is 12.2 Å². The molecule has 0 spiro atoms. The van der Waals surface area contributed by atoms with Crippen LogP contribution in [0.15, 0.2) is 18.2 Å². The molecule has 12 heavy (non-hydrogen) atoms. The zero-order chi connectivity index (χ0) is 8.97. The lowest BCUT2D eigenvalue weighted by Gasteiger charge is -1.96. The van der Waals surface area contributed by atoms with Crippen molar-refractivity contribution in [2.45, 2.75) is 13.3 Å². The minimum Gasteiger partial charge on any atom is -0.291 e. The zero-order valence-electron chi connectivity index (χ0n) is 6.87. The third-order valence-electron chi connectivity index (χ3n) is 1.44. The van der Waals surface area contributed by atoms with Crippen LogP contribution in [0.25, 0.3) is 0 Å². The van der Waals surface area contributed by atoms with Crippen LogP contribution in [0.5, 0.6) is 0 Å². The molecule has 1 aromatic heterocycles. The minimum absolute atomic E-state index is 0.0961. The molecule has 0 aliphatic heterocycles. The maximum absolute atomic E-state index is 11.2. The smallest absolute Gasteiger partial charge is 0.193 e. The van der Waals surface area contributed by atoms with E-state index in [1.165, 1.54) is 0 Å². The first-order valence-corrected chi connectivity index (χ1v) is 3.64. The number of rotatable bonds is 2. The average Bonchev–Trinajstić information content (AvgIpc) is 2.05. The van der Waals surface area contributed by atoms with Crippen LogP contribution in [0.1, 0.15) is 22.6 Å². The molecule has 2 nitrogen and oxygen atoms in total. The van der Waals surface area contributed by atoms with Crippen molar-refractivity contribution in [3.63, 3.8) is 0 Å². The van der Waals surface area contributed by atoms with Crippen LogP contribution in [0, 0.1) is 19.3 Å². The van der Waals surface area contributed by atoms with E-state index in [0.29, 0.717) is 5.69 Å². The summed E-state index contributed by atoms with van der Waals surface area (Å²) in [7, 11) is 0. The molecule has 2 heteroatoms. The van der Waals surface area contributed by atoms with E-state index in [4.69, 9.17) is 6.42 Å². The van der Waals surface area contributed by atoms with Gasteiger partial charge in [-0.1, -0.05) is 12.0 Å². The first kappa shape index (κ1) is 8.48. The van der Waals surface area contributed by atoms with Crippen molar-refractivity contribution in [2.24, 2.45) is 0 Å². The fourth-order valence-electron chi connectivity index (χ4n) is 0.882. The Morgan fingerprint density at radius 2 is 2.42 bits per heavy atom. The van der Waals surface area contributed by atoms with Gasteiger partial charge in [-0.2, -0.15) is 0 Å². The fraction of sp³-hybridized carbons (Fsp3) is 0.200. The minimum atomic E-state index is -0.0961. The second kappa shape index (κ2) is 3.68. The Morgan fingerprint density at radius 3 is 3.00 bits per heavy atom. The van der Waals surface area contributed by atoms with Crippen LogP contribution >= 0.6 is 0 Å². The van der Waals surface area contributed by atoms with E-state index in [9.17, 15) is 4.79 Å². The second-order valence-corrected chi connectivity index (χ2v) is 2.47. The zero-order valence-corrected chi connectivity index (χ0v) is 6.87. The van der Waals surface area contributed by atoms with Gasteiger partial charge in [-0.3, -0.25) is 4.79 Å². The van der Waals surface area contributed by atoms with Crippen molar-refractivity contribution >= 4 is 5.78 Å². The standard InChI is InChI=1S/C10H9NO/c1-3-5-10(12)9-7-4-6-8(2)11-9/h1,4,6-7H,5H2,2H3. The molecule has 0 aliphatic rings. The predicted molar refractivity (Wildman–Crippen MR) is 46.8 cm³/mol. The number of pyridine rings is 1. The number of carbonyl (C=O) groups is 1. The van der Waals surface area contributed by atoms with Crippen molar-refractivity contribution in [1.82, 2.24) is 4.98 Å². The molecule has 0 saturated carbocycles. The van der Waals surface area contributed by atoms with Gasteiger partial charge in [0.2, 0.25) is 0 Å². The molecule has 0 bridgehead atoms. The highest BCUT2D eigenvalue weighted by Gasteiger charge is 2.04. The fourth-order valence-corrected chi connectivity index (χ4v) is 0.882. The van der Waals surface area contributed by atoms with E-state index in [1.807, 2.05) is 13.0 Å². The van der Waals surface area contributed by atoms with Crippen molar-refractivity contribution in [3.8, 4) is 12.3 Å². The molecule has 1 rings (SSSR count). The van der Waals surface area contributed by atoms with Gasteiger partial charge >= 0.3 is 0 Å². The molecule has 60 valence electrons. The summed E-state index contributed by atoms with van der Waals surface area (Å²) in [6, 6.07) is 5.31. The lowest BCUT2D eigenvalue weighted by atomic mass is 10.2. The summed E-state index contributed by atoms with van der Waals surface area (Å²) in [6.07, 6.45) is 5.13. The first-order chi connectivity index (χ1) is 5.74. The van der Waals surface area contributed by atoms with Crippen LogP contribution < -0.4 is 0 Å². The van der Waals surface area contributed by atoms with Crippen LogP contribution in [0.4, 0.5) is 0 Å². The molecular weight excluding hydrogens is 150 g/mol. The summed E-state index contributed by atoms with van der Waals surface area (Å²) in [6.45, 7) is 1.84. The van der Waals surface area contributed by atoms with Crippen molar-refractivity contribution in [1.29, 1.82) is 0 Å². The Morgan fingerprint density at radius 1 is 1.67 bits per heavy atom. The summed E-state index contributed by atoms with van der Waals surface area (Å²) in [4.78, 5) is 15.2. The number of terminal acetylenes is 1. The van der Waals surface area contributed by atoms with Gasteiger partial charge in [0.15, 0.2) is 5.78 Å². The Labute approximate surface area is 71.6 Å². The summed E-state index contributed by atoms with van der Waals surface area (Å²) < 4.78 is 0. The molecule has 0 atom stereocenters. The van der Waals surface area contributed by atoms with Gasteiger partial charge in [0.25, 0.3) is 0 Å². The molecule has 0 saturated heterocycles. The van der Waals surface area contributed by atoms with Crippen molar-refractivity contribution in [2.75, 3.05) is 0 Å². The predicted octanol–water partition coefficient (Wildman–Crippen LogP) is 1.60. The number of aromatic nitrogens is 1. The number of hydrogen-bond donors (Lipinski definition) is 0. The lowest BCUT2D eigenvalue weighted by molar-refractivity contribution is 0.0993. The number of carbonyl (C=O) groups excluding carboxylic acids is 1. The summed E-state index contributed by atoms with van der Waals surface area (Å²) in [5.41, 5.74) is 1.28. The van der Waals surface area contributed by atoms with Gasteiger partial charge in [0, 0.05) is 5.69 Å². The molecular formula is C10H9NO. The topological polar surface area (TPSA) is 30.0 Å². The molecule has 0 fully saturated rings. The van der Waals surface area contributed by atoms with Gasteiger partial charge in [-0.05, 0) is 19.1 Å². The number of nitrogens with zero attached hydrogens (tertiary/aromatic N) is 1. The Balaban J connectivity index is 2.90. The normalized spacial score (nSPS) is 9.00.